The molecule has 3 aliphatic rings. The second kappa shape index (κ2) is 8.89. The van der Waals surface area contributed by atoms with Gasteiger partial charge in [0.2, 0.25) is 0 Å². The van der Waals surface area contributed by atoms with Gasteiger partial charge in [-0.25, -0.2) is 4.68 Å². The molecule has 0 radical (unpaired) electrons. The van der Waals surface area contributed by atoms with Crippen LogP contribution in [0.25, 0.3) is 10.9 Å². The van der Waals surface area contributed by atoms with Crippen molar-refractivity contribution in [2.24, 2.45) is 0 Å². The van der Waals surface area contributed by atoms with Crippen molar-refractivity contribution in [1.29, 1.82) is 0 Å². The number of fused-ring (bicyclic) bond motifs is 2. The molecule has 0 unspecified atom stereocenters. The van der Waals surface area contributed by atoms with Crippen molar-refractivity contribution in [1.82, 2.24) is 35.0 Å². The van der Waals surface area contributed by atoms with E-state index in [9.17, 15) is 4.79 Å². The highest BCUT2D eigenvalue weighted by Gasteiger charge is 2.38. The highest BCUT2D eigenvalue weighted by atomic mass is 16.1. The van der Waals surface area contributed by atoms with Gasteiger partial charge >= 0.3 is 0 Å². The molecule has 34 heavy (non-hydrogen) atoms. The van der Waals surface area contributed by atoms with Crippen LogP contribution in [0.3, 0.4) is 0 Å². The lowest BCUT2D eigenvalue weighted by atomic mass is 9.94. The lowest BCUT2D eigenvalue weighted by Gasteiger charge is -2.41. The van der Waals surface area contributed by atoms with Crippen LogP contribution in [0.15, 0.2) is 23.0 Å². The molecule has 2 aromatic heterocycles. The van der Waals surface area contributed by atoms with Gasteiger partial charge in [-0.1, -0.05) is 25.3 Å². The van der Waals surface area contributed by atoms with E-state index < -0.39 is 0 Å². The molecule has 3 aromatic rings. The number of aromatic amines is 1. The van der Waals surface area contributed by atoms with E-state index in [-0.39, 0.29) is 11.6 Å². The molecule has 0 bridgehead atoms. The Hall–Kier alpha value is -2.58. The molecule has 2 atom stereocenters. The van der Waals surface area contributed by atoms with Crippen LogP contribution >= 0.6 is 0 Å². The van der Waals surface area contributed by atoms with Crippen LogP contribution in [-0.4, -0.2) is 67.2 Å². The van der Waals surface area contributed by atoms with E-state index in [0.29, 0.717) is 12.1 Å². The molecular formula is C26H35N7O. The molecule has 0 amide bonds. The predicted octanol–water partition coefficient (Wildman–Crippen LogP) is 3.51. The Kier molecular flexibility index (Phi) is 5.73. The number of aryl methyl sites for hydroxylation is 2. The van der Waals surface area contributed by atoms with Gasteiger partial charge in [0.05, 0.1) is 6.04 Å². The highest BCUT2D eigenvalue weighted by Crippen LogP contribution is 2.35. The molecule has 2 saturated heterocycles. The van der Waals surface area contributed by atoms with Gasteiger partial charge in [0.15, 0.2) is 5.82 Å². The lowest BCUT2D eigenvalue weighted by molar-refractivity contribution is 0.0778. The summed E-state index contributed by atoms with van der Waals surface area (Å²) in [6.07, 6.45) is 8.40. The number of aromatic nitrogens is 5. The van der Waals surface area contributed by atoms with E-state index >= 15 is 0 Å². The van der Waals surface area contributed by atoms with Gasteiger partial charge in [-0.3, -0.25) is 14.6 Å². The monoisotopic (exact) mass is 461 g/mol. The summed E-state index contributed by atoms with van der Waals surface area (Å²) in [6.45, 7) is 8.29. The van der Waals surface area contributed by atoms with E-state index in [0.717, 1.165) is 60.3 Å². The van der Waals surface area contributed by atoms with Crippen molar-refractivity contribution in [2.75, 3.05) is 26.2 Å². The molecule has 0 spiro atoms. The summed E-state index contributed by atoms with van der Waals surface area (Å²) in [4.78, 5) is 21.9. The minimum absolute atomic E-state index is 0.0328. The molecule has 2 aliphatic heterocycles. The van der Waals surface area contributed by atoms with Crippen LogP contribution in [0, 0.1) is 13.8 Å². The number of H-pyrrole nitrogens is 1. The number of pyridine rings is 1. The first kappa shape index (κ1) is 21.9. The van der Waals surface area contributed by atoms with E-state index in [4.69, 9.17) is 0 Å². The second-order valence-corrected chi connectivity index (χ2v) is 10.6. The molecule has 1 saturated carbocycles. The molecule has 1 N–H and O–H groups in total. The first-order chi connectivity index (χ1) is 16.6. The minimum Gasteiger partial charge on any atom is -0.322 e. The number of tetrazole rings is 1. The number of hydrogen-bond donors (Lipinski definition) is 1. The largest absolute Gasteiger partial charge is 0.322 e. The zero-order valence-corrected chi connectivity index (χ0v) is 20.3. The first-order valence-electron chi connectivity index (χ1n) is 13.0. The lowest BCUT2D eigenvalue weighted by Crippen LogP contribution is -2.52. The molecule has 3 fully saturated rings. The van der Waals surface area contributed by atoms with Crippen molar-refractivity contribution >= 4 is 10.9 Å². The average molecular weight is 462 g/mol. The molecule has 6 rings (SSSR count). The molecule has 1 aliphatic carbocycles. The maximum absolute atomic E-state index is 13.6. The van der Waals surface area contributed by atoms with Gasteiger partial charge in [0.1, 0.15) is 6.04 Å². The van der Waals surface area contributed by atoms with Gasteiger partial charge in [-0.05, 0) is 79.8 Å². The highest BCUT2D eigenvalue weighted by molar-refractivity contribution is 5.83. The zero-order valence-electron chi connectivity index (χ0n) is 20.3. The third-order valence-electron chi connectivity index (χ3n) is 8.30. The summed E-state index contributed by atoms with van der Waals surface area (Å²) in [5.41, 5.74) is 3.96. The van der Waals surface area contributed by atoms with Crippen LogP contribution in [-0.2, 0) is 0 Å². The minimum atomic E-state index is -0.242. The summed E-state index contributed by atoms with van der Waals surface area (Å²) >= 11 is 0. The number of benzene rings is 1. The number of hydrogen-bond acceptors (Lipinski definition) is 6. The van der Waals surface area contributed by atoms with Crippen molar-refractivity contribution in [2.45, 2.75) is 76.9 Å². The SMILES string of the molecule is Cc1cc(C)c2cc([C@@H](c3nnnn3C3CCCCC3)N3CCN4CCC[C@@H]4C3)c(=O)[nH]c2c1. The summed E-state index contributed by atoms with van der Waals surface area (Å²) in [6, 6.07) is 6.98. The third kappa shape index (κ3) is 3.86. The summed E-state index contributed by atoms with van der Waals surface area (Å²) in [7, 11) is 0. The zero-order chi connectivity index (χ0) is 23.2. The molecule has 1 aromatic carbocycles. The summed E-state index contributed by atoms with van der Waals surface area (Å²) in [5.74, 6) is 0.827. The van der Waals surface area contributed by atoms with Gasteiger partial charge in [-0.15, -0.1) is 5.10 Å². The molecular weight excluding hydrogens is 426 g/mol. The van der Waals surface area contributed by atoms with Crippen LogP contribution in [0.5, 0.6) is 0 Å². The van der Waals surface area contributed by atoms with E-state index in [1.807, 2.05) is 0 Å². The first-order valence-corrected chi connectivity index (χ1v) is 13.0. The quantitative estimate of drug-likeness (QED) is 0.640. The third-order valence-corrected chi connectivity index (χ3v) is 8.30. The van der Waals surface area contributed by atoms with Crippen molar-refractivity contribution in [3.05, 3.63) is 51.1 Å². The average Bonchev–Trinajstić information content (AvgIpc) is 3.50. The fourth-order valence-corrected chi connectivity index (χ4v) is 6.61. The molecule has 180 valence electrons. The Morgan fingerprint density at radius 2 is 1.79 bits per heavy atom. The van der Waals surface area contributed by atoms with E-state index in [1.54, 1.807) is 0 Å². The summed E-state index contributed by atoms with van der Waals surface area (Å²) < 4.78 is 2.05. The topological polar surface area (TPSA) is 82.9 Å². The Morgan fingerprint density at radius 3 is 2.65 bits per heavy atom. The number of nitrogens with one attached hydrogen (secondary N) is 1. The molecule has 8 heteroatoms. The number of nitrogens with zero attached hydrogens (tertiary/aromatic N) is 6. The van der Waals surface area contributed by atoms with Crippen LogP contribution in [0.4, 0.5) is 0 Å². The van der Waals surface area contributed by atoms with Crippen LogP contribution in [0.2, 0.25) is 0 Å². The van der Waals surface area contributed by atoms with Crippen molar-refractivity contribution in [3.8, 4) is 0 Å². The maximum Gasteiger partial charge on any atom is 0.253 e. The van der Waals surface area contributed by atoms with Crippen LogP contribution < -0.4 is 5.56 Å². The van der Waals surface area contributed by atoms with Gasteiger partial charge in [-0.2, -0.15) is 0 Å². The predicted molar refractivity (Wildman–Crippen MR) is 132 cm³/mol. The maximum atomic E-state index is 13.6. The van der Waals surface area contributed by atoms with Gasteiger partial charge < -0.3 is 4.98 Å². The normalized spacial score (nSPS) is 23.4. The van der Waals surface area contributed by atoms with E-state index in [1.165, 1.54) is 44.2 Å². The van der Waals surface area contributed by atoms with Gasteiger partial charge in [0, 0.05) is 42.1 Å². The fourth-order valence-electron chi connectivity index (χ4n) is 6.61. The molecule has 4 heterocycles. The Labute approximate surface area is 200 Å². The van der Waals surface area contributed by atoms with Crippen molar-refractivity contribution in [3.63, 3.8) is 0 Å². The Balaban J connectivity index is 1.48. The standard InChI is InChI=1S/C26H35N7O/c1-17-13-18(2)21-15-22(26(34)27-23(21)14-17)24(32-12-11-31-10-6-9-20(31)16-32)25-28-29-30-33(25)19-7-4-3-5-8-19/h13-15,19-20,24H,3-12,16H2,1-2H3,(H,27,34)/t20-,24+/m1/s1. The van der Waals surface area contributed by atoms with E-state index in [2.05, 4.69) is 67.0 Å². The second-order valence-electron chi connectivity index (χ2n) is 10.6. The summed E-state index contributed by atoms with van der Waals surface area (Å²) in [5, 5.41) is 14.3. The number of piperazine rings is 1. The van der Waals surface area contributed by atoms with Crippen LogP contribution in [0.1, 0.15) is 79.5 Å². The molecule has 8 nitrogen and oxygen atoms in total. The van der Waals surface area contributed by atoms with Crippen molar-refractivity contribution < 1.29 is 0 Å². The Bertz CT molecular complexity index is 1240. The number of rotatable bonds is 4. The smallest absolute Gasteiger partial charge is 0.253 e. The Morgan fingerprint density at radius 1 is 0.971 bits per heavy atom. The van der Waals surface area contributed by atoms with Gasteiger partial charge in [0.25, 0.3) is 5.56 Å². The fraction of sp³-hybridized carbons (Fsp3) is 0.615.